The number of carboxylic acids is 1. The highest BCUT2D eigenvalue weighted by Crippen LogP contribution is 2.45. The molecule has 0 spiro atoms. The van der Waals surface area contributed by atoms with Crippen LogP contribution in [-0.4, -0.2) is 32.6 Å². The van der Waals surface area contributed by atoms with Crippen LogP contribution in [0.5, 0.6) is 0 Å². The number of hydrogen-bond donors (Lipinski definition) is 1. The molecule has 2 aliphatic rings. The van der Waals surface area contributed by atoms with Crippen LogP contribution >= 0.6 is 23.5 Å². The molecule has 0 amide bonds. The molecule has 1 saturated carbocycles. The second-order valence-corrected chi connectivity index (χ2v) is 7.27. The van der Waals surface area contributed by atoms with Gasteiger partial charge in [-0.25, -0.2) is 0 Å². The number of rotatable bonds is 3. The van der Waals surface area contributed by atoms with Gasteiger partial charge in [0.05, 0.1) is 0 Å². The SMILES string of the molecule is O=C(O)C1(SC2CCCCC2)CCSC1. The van der Waals surface area contributed by atoms with Crippen molar-refractivity contribution in [3.8, 4) is 0 Å². The predicted octanol–water partition coefficient (Wildman–Crippen LogP) is 3.01. The summed E-state index contributed by atoms with van der Waals surface area (Å²) in [4.78, 5) is 11.4. The number of thioether (sulfide) groups is 2. The molecule has 2 nitrogen and oxygen atoms in total. The van der Waals surface area contributed by atoms with Crippen LogP contribution in [0.25, 0.3) is 0 Å². The number of aliphatic carboxylic acids is 1. The number of hydrogen-bond acceptors (Lipinski definition) is 3. The van der Waals surface area contributed by atoms with Gasteiger partial charge in [0.15, 0.2) is 0 Å². The zero-order chi connectivity index (χ0) is 10.7. The van der Waals surface area contributed by atoms with E-state index in [9.17, 15) is 9.90 Å². The quantitative estimate of drug-likeness (QED) is 0.830. The molecule has 0 aromatic rings. The summed E-state index contributed by atoms with van der Waals surface area (Å²) in [6.45, 7) is 0. The molecule has 0 aromatic heterocycles. The summed E-state index contributed by atoms with van der Waals surface area (Å²) in [5.41, 5.74) is 0. The minimum atomic E-state index is -0.580. The largest absolute Gasteiger partial charge is 0.480 e. The van der Waals surface area contributed by atoms with Crippen molar-refractivity contribution in [2.45, 2.75) is 48.5 Å². The zero-order valence-corrected chi connectivity index (χ0v) is 10.5. The highest BCUT2D eigenvalue weighted by Gasteiger charge is 2.44. The zero-order valence-electron chi connectivity index (χ0n) is 8.91. The fourth-order valence-corrected chi connectivity index (χ4v) is 5.77. The van der Waals surface area contributed by atoms with E-state index in [1.165, 1.54) is 32.1 Å². The Labute approximate surface area is 99.6 Å². The van der Waals surface area contributed by atoms with E-state index in [0.29, 0.717) is 5.25 Å². The third kappa shape index (κ3) is 2.64. The Morgan fingerprint density at radius 1 is 1.33 bits per heavy atom. The van der Waals surface area contributed by atoms with E-state index in [2.05, 4.69) is 0 Å². The van der Waals surface area contributed by atoms with Gasteiger partial charge in [-0.15, -0.1) is 11.8 Å². The minimum Gasteiger partial charge on any atom is -0.480 e. The molecule has 1 heterocycles. The van der Waals surface area contributed by atoms with Crippen LogP contribution in [-0.2, 0) is 4.79 Å². The predicted molar refractivity (Wildman–Crippen MR) is 66.8 cm³/mol. The van der Waals surface area contributed by atoms with Gasteiger partial charge in [0.25, 0.3) is 0 Å². The summed E-state index contributed by atoms with van der Waals surface area (Å²) in [6, 6.07) is 0. The van der Waals surface area contributed by atoms with Gasteiger partial charge >= 0.3 is 5.97 Å². The van der Waals surface area contributed by atoms with E-state index in [1.807, 2.05) is 0 Å². The first kappa shape index (κ1) is 11.6. The third-order valence-electron chi connectivity index (χ3n) is 3.32. The van der Waals surface area contributed by atoms with E-state index in [4.69, 9.17) is 0 Å². The van der Waals surface area contributed by atoms with Gasteiger partial charge < -0.3 is 5.11 Å². The van der Waals surface area contributed by atoms with E-state index >= 15 is 0 Å². The minimum absolute atomic E-state index is 0.452. The van der Waals surface area contributed by atoms with Crippen LogP contribution in [0.15, 0.2) is 0 Å². The highest BCUT2D eigenvalue weighted by molar-refractivity contribution is 8.05. The topological polar surface area (TPSA) is 37.3 Å². The molecule has 1 N–H and O–H groups in total. The Morgan fingerprint density at radius 3 is 2.60 bits per heavy atom. The van der Waals surface area contributed by atoms with Crippen molar-refractivity contribution in [2.75, 3.05) is 11.5 Å². The van der Waals surface area contributed by atoms with E-state index in [-0.39, 0.29) is 0 Å². The standard InChI is InChI=1S/C11H18O2S2/c12-10(13)11(6-7-14-8-11)15-9-4-2-1-3-5-9/h9H,1-8H2,(H,12,13). The molecule has 0 aromatic carbocycles. The van der Waals surface area contributed by atoms with Crippen LogP contribution in [0.1, 0.15) is 38.5 Å². The summed E-state index contributed by atoms with van der Waals surface area (Å²) in [6.07, 6.45) is 7.23. The molecular formula is C11H18O2S2. The molecular weight excluding hydrogens is 228 g/mol. The summed E-state index contributed by atoms with van der Waals surface area (Å²) < 4.78 is -0.452. The van der Waals surface area contributed by atoms with E-state index in [0.717, 1.165) is 17.9 Å². The summed E-state index contributed by atoms with van der Waals surface area (Å²) in [5, 5.41) is 9.97. The van der Waals surface area contributed by atoms with Crippen molar-refractivity contribution >= 4 is 29.5 Å². The number of carbonyl (C=O) groups is 1. The third-order valence-corrected chi connectivity index (χ3v) is 6.47. The van der Waals surface area contributed by atoms with Crippen molar-refractivity contribution in [3.05, 3.63) is 0 Å². The molecule has 1 atom stereocenters. The van der Waals surface area contributed by atoms with Crippen molar-refractivity contribution in [1.29, 1.82) is 0 Å². The first-order valence-corrected chi connectivity index (χ1v) is 7.75. The van der Waals surface area contributed by atoms with Gasteiger partial charge in [-0.05, 0) is 25.0 Å². The monoisotopic (exact) mass is 246 g/mol. The summed E-state index contributed by atoms with van der Waals surface area (Å²) in [5.74, 6) is 1.25. The molecule has 1 saturated heterocycles. The normalized spacial score (nSPS) is 33.1. The smallest absolute Gasteiger partial charge is 0.320 e. The Balaban J connectivity index is 1.96. The Kier molecular flexibility index (Phi) is 3.88. The van der Waals surface area contributed by atoms with Crippen molar-refractivity contribution in [3.63, 3.8) is 0 Å². The molecule has 2 rings (SSSR count). The van der Waals surface area contributed by atoms with Crippen molar-refractivity contribution < 1.29 is 9.90 Å². The second-order valence-electron chi connectivity index (χ2n) is 4.48. The number of carboxylic acid groups (broad SMARTS) is 1. The molecule has 1 unspecified atom stereocenters. The van der Waals surface area contributed by atoms with Gasteiger partial charge in [0.2, 0.25) is 0 Å². The summed E-state index contributed by atoms with van der Waals surface area (Å²) >= 11 is 3.56. The van der Waals surface area contributed by atoms with Gasteiger partial charge in [-0.3, -0.25) is 4.79 Å². The first-order valence-electron chi connectivity index (χ1n) is 5.72. The lowest BCUT2D eigenvalue weighted by Gasteiger charge is -2.30. The first-order chi connectivity index (χ1) is 7.23. The maximum absolute atomic E-state index is 11.4. The van der Waals surface area contributed by atoms with E-state index in [1.54, 1.807) is 23.5 Å². The lowest BCUT2D eigenvalue weighted by atomic mass is 10.0. The molecule has 1 aliphatic heterocycles. The lowest BCUT2D eigenvalue weighted by Crippen LogP contribution is -2.37. The Hall–Kier alpha value is 0.170. The van der Waals surface area contributed by atoms with Crippen LogP contribution < -0.4 is 0 Å². The van der Waals surface area contributed by atoms with Crippen LogP contribution in [0, 0.1) is 0 Å². The van der Waals surface area contributed by atoms with Gasteiger partial charge in [0.1, 0.15) is 4.75 Å². The molecule has 1 aliphatic carbocycles. The van der Waals surface area contributed by atoms with Crippen molar-refractivity contribution in [1.82, 2.24) is 0 Å². The molecule has 86 valence electrons. The molecule has 2 fully saturated rings. The maximum Gasteiger partial charge on any atom is 0.320 e. The highest BCUT2D eigenvalue weighted by atomic mass is 32.2. The average Bonchev–Trinajstić information content (AvgIpc) is 2.69. The summed E-state index contributed by atoms with van der Waals surface area (Å²) in [7, 11) is 0. The lowest BCUT2D eigenvalue weighted by molar-refractivity contribution is -0.139. The van der Waals surface area contributed by atoms with Crippen LogP contribution in [0.4, 0.5) is 0 Å². The Morgan fingerprint density at radius 2 is 2.07 bits per heavy atom. The van der Waals surface area contributed by atoms with Gasteiger partial charge in [-0.2, -0.15) is 11.8 Å². The fraction of sp³-hybridized carbons (Fsp3) is 0.909. The molecule has 15 heavy (non-hydrogen) atoms. The van der Waals surface area contributed by atoms with Gasteiger partial charge in [0, 0.05) is 11.0 Å². The fourth-order valence-electron chi connectivity index (χ4n) is 2.36. The van der Waals surface area contributed by atoms with E-state index < -0.39 is 10.7 Å². The van der Waals surface area contributed by atoms with Crippen molar-refractivity contribution in [2.24, 2.45) is 0 Å². The second kappa shape index (κ2) is 5.00. The van der Waals surface area contributed by atoms with Crippen LogP contribution in [0.2, 0.25) is 0 Å². The molecule has 0 radical (unpaired) electrons. The van der Waals surface area contributed by atoms with Crippen LogP contribution in [0.3, 0.4) is 0 Å². The molecule has 0 bridgehead atoms. The Bertz CT molecular complexity index is 231. The maximum atomic E-state index is 11.4. The average molecular weight is 246 g/mol. The van der Waals surface area contributed by atoms with Gasteiger partial charge in [-0.1, -0.05) is 19.3 Å². The molecule has 4 heteroatoms.